The first kappa shape index (κ1) is 12.4. The molecular formula is C12H9ClFN3O. The third-order valence-electron chi connectivity index (χ3n) is 2.22. The van der Waals surface area contributed by atoms with Crippen molar-refractivity contribution < 1.29 is 9.18 Å². The minimum atomic E-state index is -0.616. The molecule has 0 saturated heterocycles. The number of rotatable bonds is 2. The van der Waals surface area contributed by atoms with Gasteiger partial charge in [0.25, 0.3) is 5.91 Å². The summed E-state index contributed by atoms with van der Waals surface area (Å²) in [6, 6.07) is 5.82. The van der Waals surface area contributed by atoms with Crippen LogP contribution in [0.1, 0.15) is 15.9 Å². The molecule has 0 spiro atoms. The van der Waals surface area contributed by atoms with E-state index < -0.39 is 11.7 Å². The van der Waals surface area contributed by atoms with Crippen molar-refractivity contribution in [3.63, 3.8) is 0 Å². The summed E-state index contributed by atoms with van der Waals surface area (Å²) in [7, 11) is 0. The second-order valence-corrected chi connectivity index (χ2v) is 4.03. The Morgan fingerprint density at radius 3 is 2.83 bits per heavy atom. The van der Waals surface area contributed by atoms with E-state index >= 15 is 0 Å². The zero-order valence-electron chi connectivity index (χ0n) is 9.45. The fourth-order valence-corrected chi connectivity index (χ4v) is 1.51. The zero-order chi connectivity index (χ0) is 13.1. The van der Waals surface area contributed by atoms with E-state index in [1.54, 1.807) is 13.0 Å². The van der Waals surface area contributed by atoms with Crippen molar-refractivity contribution in [2.45, 2.75) is 6.92 Å². The molecule has 0 fully saturated rings. The Morgan fingerprint density at radius 1 is 1.39 bits per heavy atom. The Kier molecular flexibility index (Phi) is 3.53. The lowest BCUT2D eigenvalue weighted by atomic mass is 10.1. The number of aryl methyl sites for hydroxylation is 1. The van der Waals surface area contributed by atoms with Crippen LogP contribution in [0.15, 0.2) is 30.5 Å². The molecule has 1 N–H and O–H groups in total. The molecule has 6 heteroatoms. The number of carbonyl (C=O) groups is 1. The van der Waals surface area contributed by atoms with Crippen LogP contribution in [0.25, 0.3) is 0 Å². The Bertz CT molecular complexity index is 604. The molecule has 0 aliphatic carbocycles. The molecule has 0 unspecified atom stereocenters. The summed E-state index contributed by atoms with van der Waals surface area (Å²) in [5.41, 5.74) is 0.673. The van der Waals surface area contributed by atoms with Crippen LogP contribution < -0.4 is 5.32 Å². The topological polar surface area (TPSA) is 54.9 Å². The molecule has 1 aromatic heterocycles. The van der Waals surface area contributed by atoms with Gasteiger partial charge in [-0.25, -0.2) is 14.4 Å². The summed E-state index contributed by atoms with van der Waals surface area (Å²) < 4.78 is 13.6. The normalized spacial score (nSPS) is 10.2. The highest BCUT2D eigenvalue weighted by molar-refractivity contribution is 6.29. The minimum absolute atomic E-state index is 0.0347. The number of hydrogen-bond acceptors (Lipinski definition) is 3. The molecule has 0 bridgehead atoms. The van der Waals surface area contributed by atoms with Crippen LogP contribution in [0, 0.1) is 12.7 Å². The predicted molar refractivity (Wildman–Crippen MR) is 66.1 cm³/mol. The second kappa shape index (κ2) is 5.10. The van der Waals surface area contributed by atoms with Gasteiger partial charge in [-0.2, -0.15) is 0 Å². The summed E-state index contributed by atoms with van der Waals surface area (Å²) in [5, 5.41) is 2.57. The molecule has 2 rings (SSSR count). The Labute approximate surface area is 108 Å². The van der Waals surface area contributed by atoms with Crippen LogP contribution in [0.5, 0.6) is 0 Å². The lowest BCUT2D eigenvalue weighted by molar-refractivity contribution is 0.102. The van der Waals surface area contributed by atoms with Gasteiger partial charge in [-0.05, 0) is 30.7 Å². The van der Waals surface area contributed by atoms with Crippen LogP contribution in [0.2, 0.25) is 5.15 Å². The highest BCUT2D eigenvalue weighted by atomic mass is 35.5. The Balaban J connectivity index is 2.22. The fourth-order valence-electron chi connectivity index (χ4n) is 1.37. The van der Waals surface area contributed by atoms with Crippen LogP contribution in [-0.2, 0) is 0 Å². The van der Waals surface area contributed by atoms with Crippen LogP contribution in [0.4, 0.5) is 10.3 Å². The first-order chi connectivity index (χ1) is 8.56. The molecule has 0 radical (unpaired) electrons. The van der Waals surface area contributed by atoms with E-state index in [-0.39, 0.29) is 16.7 Å². The van der Waals surface area contributed by atoms with Gasteiger partial charge in [-0.15, -0.1) is 0 Å². The lowest BCUT2D eigenvalue weighted by Gasteiger charge is -2.05. The van der Waals surface area contributed by atoms with E-state index in [1.807, 2.05) is 0 Å². The maximum absolute atomic E-state index is 13.6. The average Bonchev–Trinajstić information content (AvgIpc) is 2.28. The first-order valence-corrected chi connectivity index (χ1v) is 5.50. The zero-order valence-corrected chi connectivity index (χ0v) is 10.2. The summed E-state index contributed by atoms with van der Waals surface area (Å²) in [4.78, 5) is 19.4. The van der Waals surface area contributed by atoms with Crippen molar-refractivity contribution in [3.05, 3.63) is 52.6 Å². The highest BCUT2D eigenvalue weighted by Gasteiger charge is 2.12. The SMILES string of the molecule is Cc1ccc(C(=O)Nc2nccc(Cl)n2)c(F)c1. The number of nitrogens with zero attached hydrogens (tertiary/aromatic N) is 2. The van der Waals surface area contributed by atoms with Crippen molar-refractivity contribution in [1.29, 1.82) is 0 Å². The maximum Gasteiger partial charge on any atom is 0.260 e. The van der Waals surface area contributed by atoms with Crippen LogP contribution in [-0.4, -0.2) is 15.9 Å². The standard InChI is InChI=1S/C12H9ClFN3O/c1-7-2-3-8(9(14)6-7)11(18)17-12-15-5-4-10(13)16-12/h2-6H,1H3,(H,15,16,17,18). The number of aromatic nitrogens is 2. The maximum atomic E-state index is 13.6. The van der Waals surface area contributed by atoms with E-state index in [2.05, 4.69) is 15.3 Å². The fraction of sp³-hybridized carbons (Fsp3) is 0.0833. The summed E-state index contributed by atoms with van der Waals surface area (Å²) in [6.45, 7) is 1.74. The van der Waals surface area contributed by atoms with Gasteiger partial charge in [-0.1, -0.05) is 17.7 Å². The van der Waals surface area contributed by atoms with Gasteiger partial charge in [0.2, 0.25) is 5.95 Å². The predicted octanol–water partition coefficient (Wildman–Crippen LogP) is 2.83. The Hall–Kier alpha value is -2.01. The minimum Gasteiger partial charge on any atom is -0.290 e. The van der Waals surface area contributed by atoms with E-state index in [4.69, 9.17) is 11.6 Å². The van der Waals surface area contributed by atoms with E-state index in [1.165, 1.54) is 24.4 Å². The number of carbonyl (C=O) groups excluding carboxylic acids is 1. The van der Waals surface area contributed by atoms with Crippen molar-refractivity contribution in [3.8, 4) is 0 Å². The highest BCUT2D eigenvalue weighted by Crippen LogP contribution is 2.12. The summed E-state index contributed by atoms with van der Waals surface area (Å²) in [6.07, 6.45) is 1.40. The van der Waals surface area contributed by atoms with Crippen molar-refractivity contribution in [2.75, 3.05) is 5.32 Å². The van der Waals surface area contributed by atoms with Crippen LogP contribution >= 0.6 is 11.6 Å². The molecule has 0 atom stereocenters. The number of anilines is 1. The number of amides is 1. The van der Waals surface area contributed by atoms with Gasteiger partial charge in [0, 0.05) is 6.20 Å². The average molecular weight is 266 g/mol. The van der Waals surface area contributed by atoms with Gasteiger partial charge in [0.15, 0.2) is 0 Å². The summed E-state index contributed by atoms with van der Waals surface area (Å²) in [5.74, 6) is -1.17. The number of benzene rings is 1. The molecule has 2 aromatic rings. The molecule has 0 aliphatic heterocycles. The van der Waals surface area contributed by atoms with Gasteiger partial charge in [0.1, 0.15) is 11.0 Å². The Morgan fingerprint density at radius 2 is 2.17 bits per heavy atom. The molecule has 1 amide bonds. The molecular weight excluding hydrogens is 257 g/mol. The number of nitrogens with one attached hydrogen (secondary N) is 1. The molecule has 1 heterocycles. The molecule has 1 aromatic carbocycles. The largest absolute Gasteiger partial charge is 0.290 e. The molecule has 18 heavy (non-hydrogen) atoms. The molecule has 4 nitrogen and oxygen atoms in total. The van der Waals surface area contributed by atoms with Gasteiger partial charge < -0.3 is 0 Å². The van der Waals surface area contributed by atoms with Crippen molar-refractivity contribution in [1.82, 2.24) is 9.97 Å². The van der Waals surface area contributed by atoms with Crippen LogP contribution in [0.3, 0.4) is 0 Å². The van der Waals surface area contributed by atoms with Crippen molar-refractivity contribution in [2.24, 2.45) is 0 Å². The summed E-state index contributed by atoms with van der Waals surface area (Å²) >= 11 is 5.65. The second-order valence-electron chi connectivity index (χ2n) is 3.64. The molecule has 0 aliphatic rings. The van der Waals surface area contributed by atoms with Gasteiger partial charge >= 0.3 is 0 Å². The first-order valence-electron chi connectivity index (χ1n) is 5.12. The third-order valence-corrected chi connectivity index (χ3v) is 2.43. The smallest absolute Gasteiger partial charge is 0.260 e. The lowest BCUT2D eigenvalue weighted by Crippen LogP contribution is -2.15. The molecule has 92 valence electrons. The number of hydrogen-bond donors (Lipinski definition) is 1. The van der Waals surface area contributed by atoms with E-state index in [0.29, 0.717) is 0 Å². The van der Waals surface area contributed by atoms with Gasteiger partial charge in [-0.3, -0.25) is 10.1 Å². The monoisotopic (exact) mass is 265 g/mol. The van der Waals surface area contributed by atoms with Gasteiger partial charge in [0.05, 0.1) is 5.56 Å². The number of halogens is 2. The van der Waals surface area contributed by atoms with Crippen molar-refractivity contribution >= 4 is 23.5 Å². The molecule has 0 saturated carbocycles. The van der Waals surface area contributed by atoms with E-state index in [0.717, 1.165) is 5.56 Å². The van der Waals surface area contributed by atoms with E-state index in [9.17, 15) is 9.18 Å². The third kappa shape index (κ3) is 2.81. The quantitative estimate of drug-likeness (QED) is 0.850.